The number of rotatable bonds is 8. The number of hydrogen-bond acceptors (Lipinski definition) is 12. The maximum absolute atomic E-state index is 13.9. The smallest absolute Gasteiger partial charge is 0.264 e. The number of fused-ring (bicyclic) bond motifs is 8. The minimum absolute atomic E-state index is 0.0298. The van der Waals surface area contributed by atoms with Gasteiger partial charge in [-0.15, -0.1) is 10.2 Å². The van der Waals surface area contributed by atoms with Gasteiger partial charge in [0.15, 0.2) is 11.5 Å². The van der Waals surface area contributed by atoms with Gasteiger partial charge in [0.05, 0.1) is 54.8 Å². The van der Waals surface area contributed by atoms with Crippen LogP contribution in [0.2, 0.25) is 10.0 Å². The summed E-state index contributed by atoms with van der Waals surface area (Å²) < 4.78 is 1.58. The Bertz CT molecular complexity index is 4300. The number of carbonyl (C=O) groups excluding carboxylic acids is 2. The Labute approximate surface area is 410 Å². The molecule has 340 valence electrons. The van der Waals surface area contributed by atoms with Gasteiger partial charge in [-0.3, -0.25) is 18.8 Å². The quantitative estimate of drug-likeness (QED) is 0.127. The highest BCUT2D eigenvalue weighted by Gasteiger charge is 2.28. The van der Waals surface area contributed by atoms with Crippen LogP contribution in [-0.2, 0) is 0 Å². The lowest BCUT2D eigenvalue weighted by molar-refractivity contribution is 0.102. The summed E-state index contributed by atoms with van der Waals surface area (Å²) >= 11 is 12.2. The van der Waals surface area contributed by atoms with Gasteiger partial charge in [0.1, 0.15) is 22.8 Å². The molecule has 0 bridgehead atoms. The minimum Gasteiger partial charge on any atom is -0.506 e. The first-order chi connectivity index (χ1) is 34.5. The summed E-state index contributed by atoms with van der Waals surface area (Å²) in [5.41, 5.74) is 7.23. The van der Waals surface area contributed by atoms with Gasteiger partial charge in [-0.25, -0.2) is 4.98 Å². The van der Waals surface area contributed by atoms with Crippen LogP contribution in [0.1, 0.15) is 31.8 Å². The van der Waals surface area contributed by atoms with Crippen molar-refractivity contribution >= 4 is 124 Å². The molecule has 1 amide bonds. The molecule has 0 atom stereocenters. The van der Waals surface area contributed by atoms with Crippen LogP contribution in [0.4, 0.5) is 39.8 Å². The lowest BCUT2D eigenvalue weighted by Gasteiger charge is -2.11. The molecule has 2 aromatic heterocycles. The number of halogens is 2. The summed E-state index contributed by atoms with van der Waals surface area (Å²) in [6.45, 7) is 1.86. The van der Waals surface area contributed by atoms with Crippen molar-refractivity contribution in [1.82, 2.24) is 9.38 Å². The molecule has 0 fully saturated rings. The second-order valence-electron chi connectivity index (χ2n) is 16.9. The van der Waals surface area contributed by atoms with Crippen molar-refractivity contribution in [2.24, 2.45) is 30.7 Å². The van der Waals surface area contributed by atoms with Crippen molar-refractivity contribution in [3.8, 4) is 22.6 Å². The van der Waals surface area contributed by atoms with E-state index in [0.29, 0.717) is 88.2 Å². The molecule has 0 saturated carbocycles. The average Bonchev–Trinajstić information content (AvgIpc) is 3.90. The highest BCUT2D eigenvalue weighted by molar-refractivity contribution is 6.42. The van der Waals surface area contributed by atoms with Crippen molar-refractivity contribution < 1.29 is 19.8 Å². The number of ketones is 1. The molecule has 12 rings (SSSR count). The number of anilines is 1. The molecule has 0 spiro atoms. The summed E-state index contributed by atoms with van der Waals surface area (Å²) in [4.78, 5) is 45.9. The summed E-state index contributed by atoms with van der Waals surface area (Å²) in [7, 11) is 0. The number of carbonyl (C=O) groups is 2. The Hall–Kier alpha value is -9.24. The number of amides is 1. The Kier molecular flexibility index (Phi) is 10.2. The highest BCUT2D eigenvalue weighted by atomic mass is 35.5. The maximum Gasteiger partial charge on any atom is 0.264 e. The van der Waals surface area contributed by atoms with Gasteiger partial charge in [-0.05, 0) is 114 Å². The third-order valence-corrected chi connectivity index (χ3v) is 13.3. The van der Waals surface area contributed by atoms with Crippen LogP contribution >= 0.6 is 23.2 Å². The number of aryl methyl sites for hydroxylation is 1. The number of azo groups is 3. The molecular formula is C55H31Cl2N9O5. The number of nitrogens with one attached hydrogen (secondary N) is 1. The van der Waals surface area contributed by atoms with E-state index in [2.05, 4.69) is 36.0 Å². The molecule has 3 N–H and O–H groups in total. The van der Waals surface area contributed by atoms with Gasteiger partial charge < -0.3 is 15.5 Å². The fourth-order valence-electron chi connectivity index (χ4n) is 9.13. The fourth-order valence-corrected chi connectivity index (χ4v) is 9.43. The highest BCUT2D eigenvalue weighted by Crippen LogP contribution is 2.44. The van der Waals surface area contributed by atoms with E-state index in [1.54, 1.807) is 95.4 Å². The summed E-state index contributed by atoms with van der Waals surface area (Å²) in [5.74, 6) is -1.38. The predicted molar refractivity (Wildman–Crippen MR) is 276 cm³/mol. The topological polar surface area (TPSA) is 195 Å². The molecule has 16 heteroatoms. The number of benzene rings is 9. The monoisotopic (exact) mass is 967 g/mol. The molecule has 11 aromatic rings. The van der Waals surface area contributed by atoms with E-state index in [4.69, 9.17) is 28.2 Å². The number of nitrogens with zero attached hydrogens (tertiary/aromatic N) is 8. The van der Waals surface area contributed by atoms with Crippen LogP contribution in [0.25, 0.3) is 60.1 Å². The first kappa shape index (κ1) is 43.1. The number of para-hydroxylation sites is 2. The largest absolute Gasteiger partial charge is 0.506 e. The van der Waals surface area contributed by atoms with Gasteiger partial charge in [-0.2, -0.15) is 20.5 Å². The normalized spacial score (nSPS) is 12.5. The molecule has 14 nitrogen and oxygen atoms in total. The van der Waals surface area contributed by atoms with Crippen molar-refractivity contribution in [3.63, 3.8) is 0 Å². The lowest BCUT2D eigenvalue weighted by atomic mass is 10.0. The van der Waals surface area contributed by atoms with Crippen molar-refractivity contribution in [2.75, 3.05) is 5.32 Å². The van der Waals surface area contributed by atoms with Gasteiger partial charge in [0, 0.05) is 38.4 Å². The van der Waals surface area contributed by atoms with Crippen molar-refractivity contribution in [1.29, 1.82) is 0 Å². The number of hydrogen-bond donors (Lipinski definition) is 3. The molecule has 1 aliphatic rings. The van der Waals surface area contributed by atoms with Crippen LogP contribution in [0, 0.1) is 6.92 Å². The number of phenols is 2. The SMILES string of the molecule is Cc1cc(N=Nc2ccc3c(c2)C(=O)c2cc(N=Nc4c(O)c(C(=O)Nc5ccc(Cl)c(Cl)c5)cc5ccccc45)ccc2-3)ccc1N=Nc1c(O)cc2c(=O)n3c4ccccc4nc3c3cccc1c23. The Morgan fingerprint density at radius 3 is 2.01 bits per heavy atom. The second kappa shape index (κ2) is 16.8. The maximum atomic E-state index is 13.9. The van der Waals surface area contributed by atoms with E-state index in [-0.39, 0.29) is 44.8 Å². The van der Waals surface area contributed by atoms with E-state index in [9.17, 15) is 24.6 Å². The molecule has 9 aromatic carbocycles. The molecule has 0 saturated heterocycles. The van der Waals surface area contributed by atoms with Crippen LogP contribution in [0.5, 0.6) is 11.5 Å². The summed E-state index contributed by atoms with van der Waals surface area (Å²) in [5, 5.41) is 56.2. The first-order valence-corrected chi connectivity index (χ1v) is 22.8. The van der Waals surface area contributed by atoms with E-state index in [1.807, 2.05) is 55.5 Å². The van der Waals surface area contributed by atoms with Crippen LogP contribution in [-0.4, -0.2) is 31.3 Å². The first-order valence-electron chi connectivity index (χ1n) is 22.0. The third-order valence-electron chi connectivity index (χ3n) is 12.5. The van der Waals surface area contributed by atoms with Gasteiger partial charge >= 0.3 is 0 Å². The van der Waals surface area contributed by atoms with E-state index in [1.165, 1.54) is 12.1 Å². The Morgan fingerprint density at radius 2 is 1.25 bits per heavy atom. The second-order valence-corrected chi connectivity index (χ2v) is 17.7. The molecule has 0 unspecified atom stereocenters. The van der Waals surface area contributed by atoms with Crippen LogP contribution in [0.3, 0.4) is 0 Å². The zero-order chi connectivity index (χ0) is 48.7. The lowest BCUT2D eigenvalue weighted by Crippen LogP contribution is -2.13. The van der Waals surface area contributed by atoms with E-state index >= 15 is 0 Å². The van der Waals surface area contributed by atoms with E-state index in [0.717, 1.165) is 22.1 Å². The summed E-state index contributed by atoms with van der Waals surface area (Å²) in [6.07, 6.45) is 0. The molecule has 0 aliphatic heterocycles. The molecule has 71 heavy (non-hydrogen) atoms. The minimum atomic E-state index is -0.594. The van der Waals surface area contributed by atoms with Crippen LogP contribution in [0.15, 0.2) is 187 Å². The van der Waals surface area contributed by atoms with Gasteiger partial charge in [0.25, 0.3) is 11.5 Å². The number of aromatic hydroxyl groups is 2. The zero-order valence-electron chi connectivity index (χ0n) is 36.9. The van der Waals surface area contributed by atoms with Crippen LogP contribution < -0.4 is 10.9 Å². The molecule has 0 radical (unpaired) electrons. The Morgan fingerprint density at radius 1 is 0.592 bits per heavy atom. The molecule has 1 aliphatic carbocycles. The average molecular weight is 969 g/mol. The molecule has 2 heterocycles. The zero-order valence-corrected chi connectivity index (χ0v) is 38.4. The number of phenolic OH excluding ortho intramolecular Hbond substituents is 2. The van der Waals surface area contributed by atoms with Crippen molar-refractivity contribution in [2.45, 2.75) is 6.92 Å². The number of imidazole rings is 1. The number of pyridine rings is 1. The van der Waals surface area contributed by atoms with Crippen molar-refractivity contribution in [3.05, 3.63) is 194 Å². The fraction of sp³-hybridized carbons (Fsp3) is 0.0182. The number of aromatic nitrogens is 2. The standard InChI is InChI=1S/C55H31Cl2N9O5/c1-27-21-30(16-20-44(27)63-64-49-36-9-6-10-37-48(36)40(26-47(49)67)55(71)66-46-12-5-4-11-45(46)59-53(37)66)60-61-31-13-17-34-35-18-14-32(24-39(35)51(68)38(34)23-31)62-65-50-33-8-3-2-7-28(33)22-41(52(50)69)54(70)58-29-15-19-42(56)43(57)25-29/h2-26,67,69H,1H3,(H,58,70). The third kappa shape index (κ3) is 7.28. The summed E-state index contributed by atoms with van der Waals surface area (Å²) in [6, 6.07) is 43.5. The van der Waals surface area contributed by atoms with Gasteiger partial charge in [-0.1, -0.05) is 89.9 Å². The molecular weight excluding hydrogens is 938 g/mol. The van der Waals surface area contributed by atoms with E-state index < -0.39 is 5.91 Å². The Balaban J connectivity index is 0.776. The predicted octanol–water partition coefficient (Wildman–Crippen LogP) is 15.5. The van der Waals surface area contributed by atoms with Gasteiger partial charge in [0.2, 0.25) is 0 Å².